The minimum absolute atomic E-state index is 0.00755. The third-order valence-electron chi connectivity index (χ3n) is 3.19. The lowest BCUT2D eigenvalue weighted by atomic mass is 9.97. The van der Waals surface area contributed by atoms with E-state index in [0.717, 1.165) is 0 Å². The highest BCUT2D eigenvalue weighted by molar-refractivity contribution is 5.91. The summed E-state index contributed by atoms with van der Waals surface area (Å²) in [6, 6.07) is 7.24. The third-order valence-corrected chi connectivity index (χ3v) is 3.19. The van der Waals surface area contributed by atoms with Crippen LogP contribution in [0.4, 0.5) is 10.5 Å². The second-order valence-electron chi connectivity index (χ2n) is 4.56. The van der Waals surface area contributed by atoms with Gasteiger partial charge in [-0.1, -0.05) is 6.07 Å². The van der Waals surface area contributed by atoms with Gasteiger partial charge in [0, 0.05) is 12.7 Å². The van der Waals surface area contributed by atoms with E-state index in [4.69, 9.17) is 14.6 Å². The molecular weight excluding hydrogens is 234 g/mol. The van der Waals surface area contributed by atoms with E-state index >= 15 is 0 Å². The Bertz CT molecular complexity index is 448. The summed E-state index contributed by atoms with van der Waals surface area (Å²) in [4.78, 5) is 13.4. The van der Waals surface area contributed by atoms with Gasteiger partial charge >= 0.3 is 6.09 Å². The summed E-state index contributed by atoms with van der Waals surface area (Å²) in [6.45, 7) is 2.19. The van der Waals surface area contributed by atoms with Gasteiger partial charge in [-0.2, -0.15) is 0 Å². The number of rotatable bonds is 4. The molecule has 98 valence electrons. The second kappa shape index (κ2) is 4.86. The van der Waals surface area contributed by atoms with E-state index in [-0.39, 0.29) is 19.3 Å². The molecule has 1 saturated heterocycles. The number of aliphatic hydroxyl groups is 1. The van der Waals surface area contributed by atoms with Crippen LogP contribution in [0.3, 0.4) is 0 Å². The molecule has 2 rings (SSSR count). The summed E-state index contributed by atoms with van der Waals surface area (Å²) in [5.74, 6) is 0.679. The van der Waals surface area contributed by atoms with Gasteiger partial charge in [-0.3, -0.25) is 4.90 Å². The van der Waals surface area contributed by atoms with E-state index < -0.39 is 5.54 Å². The zero-order valence-corrected chi connectivity index (χ0v) is 10.5. The second-order valence-corrected chi connectivity index (χ2v) is 4.56. The van der Waals surface area contributed by atoms with Gasteiger partial charge in [-0.05, 0) is 25.5 Å². The number of anilines is 1. The molecule has 0 saturated carbocycles. The van der Waals surface area contributed by atoms with Crippen molar-refractivity contribution in [2.75, 3.05) is 25.2 Å². The Morgan fingerprint density at radius 2 is 2.33 bits per heavy atom. The molecule has 1 aromatic rings. The van der Waals surface area contributed by atoms with E-state index in [2.05, 4.69) is 0 Å². The number of benzene rings is 1. The molecule has 0 aliphatic carbocycles. The Labute approximate surface area is 106 Å². The van der Waals surface area contributed by atoms with Crippen molar-refractivity contribution < 1.29 is 19.4 Å². The van der Waals surface area contributed by atoms with Crippen molar-refractivity contribution in [3.8, 4) is 5.75 Å². The molecule has 0 radical (unpaired) electrons. The van der Waals surface area contributed by atoms with Crippen molar-refractivity contribution in [1.29, 1.82) is 0 Å². The summed E-state index contributed by atoms with van der Waals surface area (Å²) in [7, 11) is 1.58. The molecule has 5 heteroatoms. The van der Waals surface area contributed by atoms with E-state index in [1.807, 2.05) is 25.1 Å². The Balaban J connectivity index is 2.36. The van der Waals surface area contributed by atoms with Crippen LogP contribution in [-0.4, -0.2) is 37.1 Å². The zero-order valence-electron chi connectivity index (χ0n) is 10.5. The number of aliphatic hydroxyl groups excluding tert-OH is 1. The molecule has 5 nitrogen and oxygen atoms in total. The van der Waals surface area contributed by atoms with Gasteiger partial charge < -0.3 is 14.6 Å². The number of carbonyl (C=O) groups excluding carboxylic acids is 1. The van der Waals surface area contributed by atoms with Crippen LogP contribution in [0.1, 0.15) is 13.3 Å². The first-order chi connectivity index (χ1) is 8.60. The summed E-state index contributed by atoms with van der Waals surface area (Å²) >= 11 is 0. The molecule has 1 aliphatic rings. The number of amides is 1. The van der Waals surface area contributed by atoms with Crippen LogP contribution in [0.15, 0.2) is 24.3 Å². The van der Waals surface area contributed by atoms with E-state index in [1.165, 1.54) is 0 Å². The average molecular weight is 251 g/mol. The van der Waals surface area contributed by atoms with Crippen LogP contribution in [0.5, 0.6) is 5.75 Å². The monoisotopic (exact) mass is 251 g/mol. The van der Waals surface area contributed by atoms with Crippen LogP contribution in [0.25, 0.3) is 0 Å². The summed E-state index contributed by atoms with van der Waals surface area (Å²) in [6.07, 6.45) is 0.0786. The van der Waals surface area contributed by atoms with Gasteiger partial charge in [0.05, 0.1) is 18.3 Å². The Morgan fingerprint density at radius 1 is 1.56 bits per heavy atom. The molecule has 0 spiro atoms. The highest BCUT2D eigenvalue weighted by Gasteiger charge is 2.44. The van der Waals surface area contributed by atoms with Gasteiger partial charge in [-0.15, -0.1) is 0 Å². The summed E-state index contributed by atoms with van der Waals surface area (Å²) < 4.78 is 10.2. The molecule has 0 aromatic heterocycles. The van der Waals surface area contributed by atoms with E-state index in [9.17, 15) is 4.79 Å². The van der Waals surface area contributed by atoms with Crippen molar-refractivity contribution in [1.82, 2.24) is 0 Å². The Kier molecular flexibility index (Phi) is 3.43. The fraction of sp³-hybridized carbons (Fsp3) is 0.462. The normalized spacial score (nSPS) is 23.1. The number of ether oxygens (including phenoxy) is 2. The first-order valence-electron chi connectivity index (χ1n) is 5.82. The van der Waals surface area contributed by atoms with Crippen molar-refractivity contribution in [3.05, 3.63) is 24.3 Å². The Morgan fingerprint density at radius 3 is 3.00 bits per heavy atom. The maximum atomic E-state index is 11.8. The first kappa shape index (κ1) is 12.7. The molecule has 1 atom stereocenters. The fourth-order valence-electron chi connectivity index (χ4n) is 2.16. The van der Waals surface area contributed by atoms with Crippen molar-refractivity contribution >= 4 is 11.8 Å². The van der Waals surface area contributed by atoms with Crippen LogP contribution in [0.2, 0.25) is 0 Å². The maximum Gasteiger partial charge on any atom is 0.415 e. The lowest BCUT2D eigenvalue weighted by molar-refractivity contribution is 0.167. The standard InChI is InChI=1S/C13H17NO4/c1-13(6-7-15)9-18-12(16)14(13)10-4-3-5-11(8-10)17-2/h3-5,8,15H,6-7,9H2,1-2H3. The van der Waals surface area contributed by atoms with Crippen LogP contribution in [-0.2, 0) is 4.74 Å². The molecule has 1 heterocycles. The number of nitrogens with zero attached hydrogens (tertiary/aromatic N) is 1. The molecule has 0 bridgehead atoms. The molecule has 1 aromatic carbocycles. The van der Waals surface area contributed by atoms with Gasteiger partial charge in [-0.25, -0.2) is 4.79 Å². The van der Waals surface area contributed by atoms with Crippen molar-refractivity contribution in [2.24, 2.45) is 0 Å². The van der Waals surface area contributed by atoms with E-state index in [1.54, 1.807) is 18.1 Å². The molecule has 1 aliphatic heterocycles. The fourth-order valence-corrected chi connectivity index (χ4v) is 2.16. The number of cyclic esters (lactones) is 1. The first-order valence-corrected chi connectivity index (χ1v) is 5.82. The van der Waals surface area contributed by atoms with Gasteiger partial charge in [0.1, 0.15) is 12.4 Å². The highest BCUT2D eigenvalue weighted by atomic mass is 16.6. The minimum atomic E-state index is -0.516. The lowest BCUT2D eigenvalue weighted by Gasteiger charge is -2.31. The molecule has 1 fully saturated rings. The predicted octanol–water partition coefficient (Wildman–Crippen LogP) is 1.79. The van der Waals surface area contributed by atoms with Gasteiger partial charge in [0.15, 0.2) is 0 Å². The number of hydrogen-bond acceptors (Lipinski definition) is 4. The topological polar surface area (TPSA) is 59.0 Å². The van der Waals surface area contributed by atoms with Gasteiger partial charge in [0.25, 0.3) is 0 Å². The van der Waals surface area contributed by atoms with Crippen LogP contribution < -0.4 is 9.64 Å². The van der Waals surface area contributed by atoms with Gasteiger partial charge in [0.2, 0.25) is 0 Å². The number of carbonyl (C=O) groups is 1. The molecular formula is C13H17NO4. The SMILES string of the molecule is COc1cccc(N2C(=O)OCC2(C)CCO)c1. The molecule has 1 unspecified atom stereocenters. The smallest absolute Gasteiger partial charge is 0.415 e. The molecule has 1 N–H and O–H groups in total. The highest BCUT2D eigenvalue weighted by Crippen LogP contribution is 2.34. The molecule has 18 heavy (non-hydrogen) atoms. The maximum absolute atomic E-state index is 11.8. The lowest BCUT2D eigenvalue weighted by Crippen LogP contribution is -2.45. The number of methoxy groups -OCH3 is 1. The minimum Gasteiger partial charge on any atom is -0.497 e. The third kappa shape index (κ3) is 2.13. The predicted molar refractivity (Wildman–Crippen MR) is 66.9 cm³/mol. The number of hydrogen-bond donors (Lipinski definition) is 1. The average Bonchev–Trinajstić information content (AvgIpc) is 2.66. The summed E-state index contributed by atoms with van der Waals surface area (Å²) in [5.41, 5.74) is 0.200. The zero-order chi connectivity index (χ0) is 13.2. The van der Waals surface area contributed by atoms with Crippen LogP contribution >= 0.6 is 0 Å². The van der Waals surface area contributed by atoms with Crippen molar-refractivity contribution in [3.63, 3.8) is 0 Å². The van der Waals surface area contributed by atoms with Crippen molar-refractivity contribution in [2.45, 2.75) is 18.9 Å². The Hall–Kier alpha value is -1.75. The largest absolute Gasteiger partial charge is 0.497 e. The summed E-state index contributed by atoms with van der Waals surface area (Å²) in [5, 5.41) is 9.13. The van der Waals surface area contributed by atoms with Crippen LogP contribution in [0, 0.1) is 0 Å². The quantitative estimate of drug-likeness (QED) is 0.886. The molecule has 1 amide bonds. The van der Waals surface area contributed by atoms with E-state index in [0.29, 0.717) is 17.9 Å².